The fourth-order valence-electron chi connectivity index (χ4n) is 1.00. The van der Waals surface area contributed by atoms with Crippen molar-refractivity contribution in [2.24, 2.45) is 0 Å². The highest BCUT2D eigenvalue weighted by Gasteiger charge is 2.78. The van der Waals surface area contributed by atoms with Gasteiger partial charge in [0.25, 0.3) is 12.3 Å². The smallest absolute Gasteiger partial charge is 0.245 e. The van der Waals surface area contributed by atoms with Gasteiger partial charge in [-0.2, -0.15) is 61.5 Å². The van der Waals surface area contributed by atoms with Gasteiger partial charge in [0.1, 0.15) is 0 Å². The molecule has 0 fully saturated rings. The zero-order chi connectivity index (χ0) is 20.9. The Bertz CT molecular complexity index is 418. The molecule has 0 radical (unpaired) electrons. The van der Waals surface area contributed by atoms with Gasteiger partial charge in [-0.3, -0.25) is 0 Å². The summed E-state index contributed by atoms with van der Waals surface area (Å²) in [4.78, 5) is 0. The standard InChI is InChI=1S/C8H2F16O/c9-1(5(15,16)17)3(11,12)7(21,22)25-8(23,24)4(13,14)2(10)6(18,19)20/h1-2H. The maximum Gasteiger partial charge on any atom is 0.427 e. The SMILES string of the molecule is FC(C(F)(F)F)C(F)(F)C(F)(F)OC(F)(F)C(F)(F)C(F)C(F)(F)F. The van der Waals surface area contributed by atoms with E-state index in [1.807, 2.05) is 0 Å². The lowest BCUT2D eigenvalue weighted by molar-refractivity contribution is -0.489. The van der Waals surface area contributed by atoms with Crippen LogP contribution in [0.2, 0.25) is 0 Å². The minimum Gasteiger partial charge on any atom is -0.245 e. The van der Waals surface area contributed by atoms with Crippen molar-refractivity contribution in [3.63, 3.8) is 0 Å². The molecule has 25 heavy (non-hydrogen) atoms. The number of ether oxygens (including phenoxy) is 1. The second kappa shape index (κ2) is 6.22. The van der Waals surface area contributed by atoms with E-state index in [9.17, 15) is 70.2 Å². The Hall–Kier alpha value is -1.16. The topological polar surface area (TPSA) is 9.23 Å². The molecule has 0 aromatic heterocycles. The summed E-state index contributed by atoms with van der Waals surface area (Å²) < 4.78 is 197. The third-order valence-electron chi connectivity index (χ3n) is 2.24. The largest absolute Gasteiger partial charge is 0.427 e. The third-order valence-corrected chi connectivity index (χ3v) is 2.24. The molecule has 0 N–H and O–H groups in total. The fraction of sp³-hybridized carbons (Fsp3) is 1.00. The summed E-state index contributed by atoms with van der Waals surface area (Å²) in [6, 6.07) is 0. The van der Waals surface area contributed by atoms with Gasteiger partial charge in [-0.1, -0.05) is 0 Å². The summed E-state index contributed by atoms with van der Waals surface area (Å²) in [5, 5.41) is 0. The number of hydrogen-bond acceptors (Lipinski definition) is 1. The quantitative estimate of drug-likeness (QED) is 0.535. The summed E-state index contributed by atoms with van der Waals surface area (Å²) in [6.45, 7) is 0. The molecule has 0 saturated carbocycles. The van der Waals surface area contributed by atoms with Crippen LogP contribution in [0.5, 0.6) is 0 Å². The molecule has 0 bridgehead atoms. The number of halogens is 16. The van der Waals surface area contributed by atoms with E-state index in [1.165, 1.54) is 4.74 Å². The molecule has 2 unspecified atom stereocenters. The Morgan fingerprint density at radius 3 is 0.800 bits per heavy atom. The van der Waals surface area contributed by atoms with Crippen LogP contribution in [0.25, 0.3) is 0 Å². The molecule has 0 rings (SSSR count). The molecule has 0 saturated heterocycles. The first-order valence-corrected chi connectivity index (χ1v) is 5.15. The molecule has 0 aromatic rings. The van der Waals surface area contributed by atoms with Crippen molar-refractivity contribution in [3.8, 4) is 0 Å². The minimum absolute atomic E-state index is 1.34. The van der Waals surface area contributed by atoms with Gasteiger partial charge in [0.05, 0.1) is 0 Å². The second-order valence-corrected chi connectivity index (χ2v) is 4.19. The van der Waals surface area contributed by atoms with Crippen LogP contribution in [-0.4, -0.2) is 48.8 Å². The van der Waals surface area contributed by atoms with Gasteiger partial charge in [-0.15, -0.1) is 0 Å². The highest BCUT2D eigenvalue weighted by Crippen LogP contribution is 2.52. The van der Waals surface area contributed by atoms with E-state index in [0.29, 0.717) is 0 Å². The maximum atomic E-state index is 12.6. The van der Waals surface area contributed by atoms with Crippen LogP contribution in [0.15, 0.2) is 0 Å². The number of alkyl halides is 16. The monoisotopic (exact) mass is 418 g/mol. The summed E-state index contributed by atoms with van der Waals surface area (Å²) in [5.41, 5.74) is 0. The molecular formula is C8H2F16O. The van der Waals surface area contributed by atoms with E-state index in [-0.39, 0.29) is 0 Å². The van der Waals surface area contributed by atoms with Crippen LogP contribution >= 0.6 is 0 Å². The van der Waals surface area contributed by atoms with Gasteiger partial charge in [-0.25, -0.2) is 13.5 Å². The fourth-order valence-corrected chi connectivity index (χ4v) is 1.00. The van der Waals surface area contributed by atoms with E-state index < -0.39 is 48.8 Å². The Balaban J connectivity index is 5.79. The number of hydrogen-bond donors (Lipinski definition) is 0. The maximum absolute atomic E-state index is 12.6. The van der Waals surface area contributed by atoms with E-state index in [1.54, 1.807) is 0 Å². The average molecular weight is 418 g/mol. The van der Waals surface area contributed by atoms with Crippen LogP contribution in [0.4, 0.5) is 70.2 Å². The van der Waals surface area contributed by atoms with Gasteiger partial charge in [0.2, 0.25) is 0 Å². The van der Waals surface area contributed by atoms with Crippen LogP contribution in [0.3, 0.4) is 0 Å². The van der Waals surface area contributed by atoms with Crippen molar-refractivity contribution in [1.82, 2.24) is 0 Å². The highest BCUT2D eigenvalue weighted by atomic mass is 19.4. The van der Waals surface area contributed by atoms with E-state index in [2.05, 4.69) is 0 Å². The molecule has 17 heteroatoms. The molecule has 2 atom stereocenters. The van der Waals surface area contributed by atoms with Crippen molar-refractivity contribution in [2.45, 2.75) is 48.8 Å². The lowest BCUT2D eigenvalue weighted by Crippen LogP contribution is -2.62. The van der Waals surface area contributed by atoms with Gasteiger partial charge < -0.3 is 0 Å². The van der Waals surface area contributed by atoms with Gasteiger partial charge in [0.15, 0.2) is 0 Å². The predicted molar refractivity (Wildman–Crippen MR) is 42.8 cm³/mol. The number of rotatable bonds is 6. The third kappa shape index (κ3) is 4.52. The van der Waals surface area contributed by atoms with Gasteiger partial charge in [0, 0.05) is 0 Å². The van der Waals surface area contributed by atoms with Crippen molar-refractivity contribution < 1.29 is 75.0 Å². The zero-order valence-electron chi connectivity index (χ0n) is 10.6. The first kappa shape index (κ1) is 23.8. The predicted octanol–water partition coefficient (Wildman–Crippen LogP) is 5.26. The highest BCUT2D eigenvalue weighted by molar-refractivity contribution is 4.94. The van der Waals surface area contributed by atoms with Crippen LogP contribution in [0.1, 0.15) is 0 Å². The molecule has 0 spiro atoms. The lowest BCUT2D eigenvalue weighted by Gasteiger charge is -2.35. The normalized spacial score (nSPS) is 18.2. The van der Waals surface area contributed by atoms with Crippen LogP contribution < -0.4 is 0 Å². The van der Waals surface area contributed by atoms with Crippen molar-refractivity contribution >= 4 is 0 Å². The first-order chi connectivity index (χ1) is 10.5. The van der Waals surface area contributed by atoms with Crippen molar-refractivity contribution in [1.29, 1.82) is 0 Å². The molecule has 0 aliphatic heterocycles. The van der Waals surface area contributed by atoms with Gasteiger partial charge >= 0.3 is 36.4 Å². The molecule has 0 aliphatic rings. The van der Waals surface area contributed by atoms with Crippen molar-refractivity contribution in [3.05, 3.63) is 0 Å². The average Bonchev–Trinajstić information content (AvgIpc) is 2.32. The van der Waals surface area contributed by atoms with E-state index >= 15 is 0 Å². The van der Waals surface area contributed by atoms with Crippen LogP contribution in [0, 0.1) is 0 Å². The molecular weight excluding hydrogens is 416 g/mol. The minimum atomic E-state index is -7.42. The first-order valence-electron chi connectivity index (χ1n) is 5.15. The Morgan fingerprint density at radius 2 is 0.640 bits per heavy atom. The molecule has 1 nitrogen and oxygen atoms in total. The molecule has 0 aromatic carbocycles. The summed E-state index contributed by atoms with van der Waals surface area (Å²) in [6.07, 6.45) is -40.4. The molecule has 0 amide bonds. The Kier molecular flexibility index (Phi) is 5.93. The van der Waals surface area contributed by atoms with E-state index in [0.717, 1.165) is 0 Å². The summed E-state index contributed by atoms with van der Waals surface area (Å²) in [7, 11) is 0. The molecule has 152 valence electrons. The summed E-state index contributed by atoms with van der Waals surface area (Å²) >= 11 is 0. The van der Waals surface area contributed by atoms with Crippen LogP contribution in [-0.2, 0) is 4.74 Å². The lowest BCUT2D eigenvalue weighted by atomic mass is 10.1. The van der Waals surface area contributed by atoms with Crippen molar-refractivity contribution in [2.75, 3.05) is 0 Å². The Labute approximate surface area is 125 Å². The molecule has 0 aliphatic carbocycles. The van der Waals surface area contributed by atoms with E-state index in [4.69, 9.17) is 0 Å². The zero-order valence-corrected chi connectivity index (χ0v) is 10.6. The summed E-state index contributed by atoms with van der Waals surface area (Å²) in [5.74, 6) is -14.6. The molecule has 0 heterocycles. The second-order valence-electron chi connectivity index (χ2n) is 4.19. The van der Waals surface area contributed by atoms with Gasteiger partial charge in [-0.05, 0) is 0 Å². The Morgan fingerprint density at radius 1 is 0.440 bits per heavy atom.